The van der Waals surface area contributed by atoms with Crippen molar-refractivity contribution in [3.05, 3.63) is 24.3 Å². The first-order chi connectivity index (χ1) is 10.5. The van der Waals surface area contributed by atoms with Crippen molar-refractivity contribution in [3.63, 3.8) is 0 Å². The molecular weight excluding hydrogens is 278 g/mol. The Morgan fingerprint density at radius 2 is 1.55 bits per heavy atom. The molecule has 3 N–H and O–H groups in total. The Labute approximate surface area is 132 Å². The van der Waals surface area contributed by atoms with Crippen LogP contribution in [-0.4, -0.2) is 24.9 Å². The van der Waals surface area contributed by atoms with Crippen LogP contribution in [0.25, 0.3) is 0 Å². The number of amides is 2. The Balaban J connectivity index is 2.38. The van der Waals surface area contributed by atoms with E-state index in [4.69, 9.17) is 0 Å². The second kappa shape index (κ2) is 9.95. The van der Waals surface area contributed by atoms with Gasteiger partial charge in [-0.25, -0.2) is 0 Å². The Kier molecular flexibility index (Phi) is 8.22. The van der Waals surface area contributed by atoms with Crippen LogP contribution in [0.2, 0.25) is 0 Å². The van der Waals surface area contributed by atoms with Crippen LogP contribution in [-0.2, 0) is 9.59 Å². The van der Waals surface area contributed by atoms with Crippen molar-refractivity contribution >= 4 is 23.2 Å². The molecule has 0 radical (unpaired) electrons. The Morgan fingerprint density at radius 1 is 1.00 bits per heavy atom. The number of carbonyl (C=O) groups is 2. The van der Waals surface area contributed by atoms with E-state index >= 15 is 0 Å². The molecular formula is C17H27N3O2. The van der Waals surface area contributed by atoms with E-state index in [1.807, 2.05) is 13.8 Å². The fourth-order valence-corrected chi connectivity index (χ4v) is 1.93. The zero-order valence-electron chi connectivity index (χ0n) is 13.7. The highest BCUT2D eigenvalue weighted by molar-refractivity contribution is 5.93. The number of nitrogens with one attached hydrogen (secondary N) is 3. The van der Waals surface area contributed by atoms with Gasteiger partial charge >= 0.3 is 0 Å². The van der Waals surface area contributed by atoms with E-state index in [1.54, 1.807) is 24.3 Å². The molecule has 5 heteroatoms. The van der Waals surface area contributed by atoms with Gasteiger partial charge in [0.15, 0.2) is 0 Å². The molecule has 0 heterocycles. The van der Waals surface area contributed by atoms with Gasteiger partial charge in [-0.15, -0.1) is 0 Å². The summed E-state index contributed by atoms with van der Waals surface area (Å²) < 4.78 is 0. The summed E-state index contributed by atoms with van der Waals surface area (Å²) in [5.41, 5.74) is 1.47. The zero-order chi connectivity index (χ0) is 16.4. The molecule has 0 aliphatic rings. The van der Waals surface area contributed by atoms with E-state index in [9.17, 15) is 9.59 Å². The first kappa shape index (κ1) is 18.2. The Hall–Kier alpha value is -1.88. The maximum atomic E-state index is 11.7. The fourth-order valence-electron chi connectivity index (χ4n) is 1.93. The topological polar surface area (TPSA) is 70.2 Å². The Bertz CT molecular complexity index is 469. The number of hydrogen-bond acceptors (Lipinski definition) is 3. The molecule has 0 fully saturated rings. The number of unbranched alkanes of at least 4 members (excludes halogenated alkanes) is 1. The monoisotopic (exact) mass is 305 g/mol. The van der Waals surface area contributed by atoms with Gasteiger partial charge in [-0.2, -0.15) is 0 Å². The van der Waals surface area contributed by atoms with Crippen molar-refractivity contribution in [2.75, 3.05) is 23.7 Å². The average molecular weight is 305 g/mol. The van der Waals surface area contributed by atoms with Gasteiger partial charge < -0.3 is 16.0 Å². The van der Waals surface area contributed by atoms with Crippen molar-refractivity contribution in [2.24, 2.45) is 5.92 Å². The molecule has 5 nitrogen and oxygen atoms in total. The smallest absolute Gasteiger partial charge is 0.238 e. The van der Waals surface area contributed by atoms with E-state index in [1.165, 1.54) is 0 Å². The fraction of sp³-hybridized carbons (Fsp3) is 0.529. The largest absolute Gasteiger partial charge is 0.326 e. The normalized spacial score (nSPS) is 10.5. The van der Waals surface area contributed by atoms with Gasteiger partial charge in [0.05, 0.1) is 6.54 Å². The minimum absolute atomic E-state index is 0.00640. The molecule has 0 saturated heterocycles. The third kappa shape index (κ3) is 7.78. The molecule has 0 aliphatic carbocycles. The van der Waals surface area contributed by atoms with Crippen LogP contribution < -0.4 is 16.0 Å². The summed E-state index contributed by atoms with van der Waals surface area (Å²) in [6.45, 7) is 7.29. The van der Waals surface area contributed by atoms with Gasteiger partial charge in [0.25, 0.3) is 0 Å². The molecule has 1 rings (SSSR count). The second-order valence-corrected chi connectivity index (χ2v) is 5.80. The molecule has 1 aromatic rings. The van der Waals surface area contributed by atoms with Crippen molar-refractivity contribution in [1.29, 1.82) is 0 Å². The van der Waals surface area contributed by atoms with Crippen LogP contribution in [0.3, 0.4) is 0 Å². The van der Waals surface area contributed by atoms with Crippen molar-refractivity contribution in [1.82, 2.24) is 5.32 Å². The quantitative estimate of drug-likeness (QED) is 0.614. The van der Waals surface area contributed by atoms with Crippen LogP contribution >= 0.6 is 0 Å². The number of anilines is 2. The van der Waals surface area contributed by atoms with Crippen molar-refractivity contribution in [2.45, 2.75) is 40.0 Å². The number of benzene rings is 1. The lowest BCUT2D eigenvalue weighted by molar-refractivity contribution is -0.117. The standard InChI is InChI=1S/C17H27N3O2/c1-4-5-10-18-12-17(22)20-15-8-6-14(7-9-15)19-16(21)11-13(2)3/h6-9,13,18H,4-5,10-12H2,1-3H3,(H,19,21)(H,20,22). The predicted octanol–water partition coefficient (Wildman–Crippen LogP) is 3.00. The molecule has 0 spiro atoms. The first-order valence-electron chi connectivity index (χ1n) is 7.91. The minimum Gasteiger partial charge on any atom is -0.326 e. The highest BCUT2D eigenvalue weighted by Gasteiger charge is 2.06. The molecule has 0 bridgehead atoms. The van der Waals surface area contributed by atoms with Crippen LogP contribution in [0, 0.1) is 5.92 Å². The minimum atomic E-state index is -0.0623. The van der Waals surface area contributed by atoms with Crippen molar-refractivity contribution < 1.29 is 9.59 Å². The lowest BCUT2D eigenvalue weighted by atomic mass is 10.1. The molecule has 0 atom stereocenters. The van der Waals surface area contributed by atoms with E-state index in [2.05, 4.69) is 22.9 Å². The first-order valence-corrected chi connectivity index (χ1v) is 7.91. The highest BCUT2D eigenvalue weighted by Crippen LogP contribution is 2.14. The van der Waals surface area contributed by atoms with Crippen molar-refractivity contribution in [3.8, 4) is 0 Å². The van der Waals surface area contributed by atoms with Gasteiger partial charge in [0, 0.05) is 17.8 Å². The summed E-state index contributed by atoms with van der Waals surface area (Å²) in [4.78, 5) is 23.4. The molecule has 0 saturated carbocycles. The summed E-state index contributed by atoms with van der Waals surface area (Å²) in [5, 5.41) is 8.75. The summed E-state index contributed by atoms with van der Waals surface area (Å²) in [7, 11) is 0. The molecule has 0 aromatic heterocycles. The zero-order valence-corrected chi connectivity index (χ0v) is 13.7. The summed E-state index contributed by atoms with van der Waals surface area (Å²) in [6, 6.07) is 7.15. The van der Waals surface area contributed by atoms with E-state index in [0.717, 1.165) is 30.8 Å². The highest BCUT2D eigenvalue weighted by atomic mass is 16.2. The van der Waals surface area contributed by atoms with Gasteiger partial charge in [-0.1, -0.05) is 27.2 Å². The third-order valence-corrected chi connectivity index (χ3v) is 3.04. The maximum Gasteiger partial charge on any atom is 0.238 e. The number of hydrogen-bond donors (Lipinski definition) is 3. The maximum absolute atomic E-state index is 11.7. The second-order valence-electron chi connectivity index (χ2n) is 5.80. The SMILES string of the molecule is CCCCNCC(=O)Nc1ccc(NC(=O)CC(C)C)cc1. The average Bonchev–Trinajstić information content (AvgIpc) is 2.45. The van der Waals surface area contributed by atoms with Gasteiger partial charge in [-0.3, -0.25) is 9.59 Å². The predicted molar refractivity (Wildman–Crippen MR) is 90.9 cm³/mol. The van der Waals surface area contributed by atoms with E-state index < -0.39 is 0 Å². The molecule has 2 amide bonds. The van der Waals surface area contributed by atoms with Gasteiger partial charge in [0.2, 0.25) is 11.8 Å². The molecule has 22 heavy (non-hydrogen) atoms. The van der Waals surface area contributed by atoms with E-state index in [0.29, 0.717) is 18.9 Å². The third-order valence-electron chi connectivity index (χ3n) is 3.04. The van der Waals surface area contributed by atoms with Crippen LogP contribution in [0.1, 0.15) is 40.0 Å². The summed E-state index contributed by atoms with van der Waals surface area (Å²) >= 11 is 0. The molecule has 1 aromatic carbocycles. The van der Waals surface area contributed by atoms with Crippen LogP contribution in [0.5, 0.6) is 0 Å². The van der Waals surface area contributed by atoms with E-state index in [-0.39, 0.29) is 11.8 Å². The van der Waals surface area contributed by atoms with Crippen LogP contribution in [0.4, 0.5) is 11.4 Å². The number of rotatable bonds is 9. The lowest BCUT2D eigenvalue weighted by Crippen LogP contribution is -2.28. The molecule has 0 aliphatic heterocycles. The van der Waals surface area contributed by atoms with Gasteiger partial charge in [0.1, 0.15) is 0 Å². The lowest BCUT2D eigenvalue weighted by Gasteiger charge is -2.09. The molecule has 0 unspecified atom stereocenters. The van der Waals surface area contributed by atoms with Gasteiger partial charge in [-0.05, 0) is 43.1 Å². The molecule has 122 valence electrons. The summed E-state index contributed by atoms with van der Waals surface area (Å²) in [5.74, 6) is 0.276. The van der Waals surface area contributed by atoms with Crippen LogP contribution in [0.15, 0.2) is 24.3 Å². The number of carbonyl (C=O) groups excluding carboxylic acids is 2. The Morgan fingerprint density at radius 3 is 2.05 bits per heavy atom. The summed E-state index contributed by atoms with van der Waals surface area (Å²) in [6.07, 6.45) is 2.68.